The van der Waals surface area contributed by atoms with Crippen LogP contribution >= 0.6 is 0 Å². The molecule has 0 aliphatic rings. The van der Waals surface area contributed by atoms with E-state index in [4.69, 9.17) is 10.2 Å². The van der Waals surface area contributed by atoms with Crippen LogP contribution in [0.15, 0.2) is 6.07 Å². The number of aromatic hydroxyl groups is 2. The van der Waals surface area contributed by atoms with E-state index >= 15 is 0 Å². The summed E-state index contributed by atoms with van der Waals surface area (Å²) in [5, 5.41) is 20.3. The number of phenols is 2. The summed E-state index contributed by atoms with van der Waals surface area (Å²) < 4.78 is 26.3. The average Bonchev–Trinajstić information content (AvgIpc) is 2.16. The van der Waals surface area contributed by atoms with Crippen molar-refractivity contribution in [3.05, 3.63) is 23.3 Å². The second kappa shape index (κ2) is 4.22. The van der Waals surface area contributed by atoms with Gasteiger partial charge in [0.15, 0.2) is 28.9 Å². The number of ketones is 1. The topological polar surface area (TPSA) is 69.6 Å². The molecule has 0 unspecified atom stereocenters. The van der Waals surface area contributed by atoms with Gasteiger partial charge in [-0.1, -0.05) is 0 Å². The molecule has 0 saturated heterocycles. The van der Waals surface area contributed by atoms with Crippen LogP contribution in [0.5, 0.6) is 11.5 Å². The summed E-state index contributed by atoms with van der Waals surface area (Å²) in [6, 6.07) is 0.501. The lowest BCUT2D eigenvalue weighted by molar-refractivity contribution is 0.0983. The first-order valence-electron chi connectivity index (χ1n) is 4.06. The van der Waals surface area contributed by atoms with Gasteiger partial charge in [-0.25, -0.2) is 8.78 Å². The summed E-state index contributed by atoms with van der Waals surface area (Å²) in [5.41, 5.74) is -0.943. The highest BCUT2D eigenvalue weighted by atomic mass is 19.1. The third-order valence-corrected chi connectivity index (χ3v) is 1.78. The van der Waals surface area contributed by atoms with Crippen molar-refractivity contribution >= 4 is 5.78 Å². The molecular formula is C9H9F2NO3. The van der Waals surface area contributed by atoms with Gasteiger partial charge >= 0.3 is 0 Å². The number of halogens is 2. The fourth-order valence-corrected chi connectivity index (χ4v) is 1.10. The zero-order valence-electron chi connectivity index (χ0n) is 7.84. The van der Waals surface area contributed by atoms with Gasteiger partial charge in [0, 0.05) is 6.07 Å². The van der Waals surface area contributed by atoms with E-state index in [1.165, 1.54) is 7.05 Å². The Kier molecular flexibility index (Phi) is 3.21. The summed E-state index contributed by atoms with van der Waals surface area (Å²) in [4.78, 5) is 11.2. The second-order valence-corrected chi connectivity index (χ2v) is 2.87. The lowest BCUT2D eigenvalue weighted by Gasteiger charge is -2.06. The largest absolute Gasteiger partial charge is 0.505 e. The van der Waals surface area contributed by atoms with Gasteiger partial charge in [0.25, 0.3) is 0 Å². The SMILES string of the molecule is CNCC(=O)c1c(F)c(O)cc(O)c1F. The number of likely N-dealkylation sites (N-methyl/N-ethyl adjacent to an activating group) is 1. The molecule has 0 bridgehead atoms. The molecule has 82 valence electrons. The molecule has 0 aliphatic heterocycles. The van der Waals surface area contributed by atoms with Crippen molar-refractivity contribution in [3.63, 3.8) is 0 Å². The van der Waals surface area contributed by atoms with Gasteiger partial charge in [-0.15, -0.1) is 0 Å². The quantitative estimate of drug-likeness (QED) is 0.654. The fourth-order valence-electron chi connectivity index (χ4n) is 1.10. The van der Waals surface area contributed by atoms with Crippen LogP contribution in [0.4, 0.5) is 8.78 Å². The summed E-state index contributed by atoms with van der Waals surface area (Å²) in [6.45, 7) is -0.295. The van der Waals surface area contributed by atoms with E-state index in [-0.39, 0.29) is 6.54 Å². The number of hydrogen-bond donors (Lipinski definition) is 3. The number of carbonyl (C=O) groups excluding carboxylic acids is 1. The summed E-state index contributed by atoms with van der Waals surface area (Å²) in [7, 11) is 1.43. The molecule has 6 heteroatoms. The maximum atomic E-state index is 13.2. The van der Waals surface area contributed by atoms with E-state index in [9.17, 15) is 13.6 Å². The van der Waals surface area contributed by atoms with E-state index in [0.29, 0.717) is 6.07 Å². The first kappa shape index (κ1) is 11.4. The number of hydrogen-bond acceptors (Lipinski definition) is 4. The van der Waals surface area contributed by atoms with E-state index in [1.807, 2.05) is 0 Å². The molecule has 1 aromatic carbocycles. The van der Waals surface area contributed by atoms with Gasteiger partial charge in [0.2, 0.25) is 0 Å². The van der Waals surface area contributed by atoms with Crippen molar-refractivity contribution < 1.29 is 23.8 Å². The molecule has 0 radical (unpaired) electrons. The number of benzene rings is 1. The minimum Gasteiger partial charge on any atom is -0.505 e. The lowest BCUT2D eigenvalue weighted by Crippen LogP contribution is -2.20. The first-order valence-corrected chi connectivity index (χ1v) is 4.06. The van der Waals surface area contributed by atoms with Crippen LogP contribution in [0, 0.1) is 11.6 Å². The van der Waals surface area contributed by atoms with Crippen molar-refractivity contribution in [2.24, 2.45) is 0 Å². The molecule has 4 nitrogen and oxygen atoms in total. The van der Waals surface area contributed by atoms with Crippen LogP contribution < -0.4 is 5.32 Å². The smallest absolute Gasteiger partial charge is 0.182 e. The van der Waals surface area contributed by atoms with Crippen molar-refractivity contribution in [1.82, 2.24) is 5.32 Å². The van der Waals surface area contributed by atoms with Crippen LogP contribution in [0.2, 0.25) is 0 Å². The van der Waals surface area contributed by atoms with E-state index in [2.05, 4.69) is 5.32 Å². The first-order chi connectivity index (χ1) is 6.99. The number of rotatable bonds is 3. The van der Waals surface area contributed by atoms with Crippen molar-refractivity contribution in [2.45, 2.75) is 0 Å². The Hall–Kier alpha value is -1.69. The molecule has 0 atom stereocenters. The molecule has 0 aromatic heterocycles. The number of carbonyl (C=O) groups is 1. The Balaban J connectivity index is 3.32. The predicted molar refractivity (Wildman–Crippen MR) is 47.9 cm³/mol. The third-order valence-electron chi connectivity index (χ3n) is 1.78. The van der Waals surface area contributed by atoms with Crippen LogP contribution in [0.25, 0.3) is 0 Å². The van der Waals surface area contributed by atoms with E-state index in [1.54, 1.807) is 0 Å². The molecule has 0 amide bonds. The van der Waals surface area contributed by atoms with Gasteiger partial charge in [0.1, 0.15) is 0 Å². The van der Waals surface area contributed by atoms with Crippen LogP contribution in [0.1, 0.15) is 10.4 Å². The highest BCUT2D eigenvalue weighted by Crippen LogP contribution is 2.29. The number of Topliss-reactive ketones (excluding diaryl/α,β-unsaturated/α-hetero) is 1. The fraction of sp³-hybridized carbons (Fsp3) is 0.222. The second-order valence-electron chi connectivity index (χ2n) is 2.87. The Bertz CT molecular complexity index is 381. The van der Waals surface area contributed by atoms with Crippen LogP contribution in [0.3, 0.4) is 0 Å². The maximum absolute atomic E-state index is 13.2. The van der Waals surface area contributed by atoms with Gasteiger partial charge in [-0.05, 0) is 7.05 Å². The van der Waals surface area contributed by atoms with Gasteiger partial charge in [-0.2, -0.15) is 0 Å². The van der Waals surface area contributed by atoms with Crippen molar-refractivity contribution in [1.29, 1.82) is 0 Å². The highest BCUT2D eigenvalue weighted by molar-refractivity contribution is 5.99. The Labute approximate surface area is 84.2 Å². The maximum Gasteiger partial charge on any atom is 0.182 e. The normalized spacial score (nSPS) is 10.3. The average molecular weight is 217 g/mol. The predicted octanol–water partition coefficient (Wildman–Crippen LogP) is 0.778. The molecule has 15 heavy (non-hydrogen) atoms. The van der Waals surface area contributed by atoms with Crippen LogP contribution in [-0.4, -0.2) is 29.6 Å². The minimum atomic E-state index is -1.37. The monoisotopic (exact) mass is 217 g/mol. The van der Waals surface area contributed by atoms with Crippen molar-refractivity contribution in [3.8, 4) is 11.5 Å². The van der Waals surface area contributed by atoms with E-state index in [0.717, 1.165) is 0 Å². The van der Waals surface area contributed by atoms with Crippen LogP contribution in [-0.2, 0) is 0 Å². The molecule has 3 N–H and O–H groups in total. The molecule has 0 heterocycles. The lowest BCUT2D eigenvalue weighted by atomic mass is 10.1. The molecule has 0 saturated carbocycles. The minimum absolute atomic E-state index is 0.295. The molecule has 1 rings (SSSR count). The molecule has 0 fully saturated rings. The molecule has 0 spiro atoms. The van der Waals surface area contributed by atoms with E-state index < -0.39 is 34.5 Å². The Morgan fingerprint density at radius 2 is 1.80 bits per heavy atom. The number of phenolic OH excluding ortho intramolecular Hbond substituents is 2. The van der Waals surface area contributed by atoms with Gasteiger partial charge in [-0.3, -0.25) is 4.79 Å². The van der Waals surface area contributed by atoms with Gasteiger partial charge in [0.05, 0.1) is 12.1 Å². The Morgan fingerprint density at radius 1 is 1.33 bits per heavy atom. The summed E-state index contributed by atoms with van der Waals surface area (Å²) in [5.74, 6) is -5.56. The molecule has 0 aliphatic carbocycles. The third kappa shape index (κ3) is 2.04. The molecule has 1 aromatic rings. The summed E-state index contributed by atoms with van der Waals surface area (Å²) in [6.07, 6.45) is 0. The van der Waals surface area contributed by atoms with Crippen molar-refractivity contribution in [2.75, 3.05) is 13.6 Å². The molecular weight excluding hydrogens is 208 g/mol. The summed E-state index contributed by atoms with van der Waals surface area (Å²) >= 11 is 0. The number of nitrogens with one attached hydrogen (secondary N) is 1. The highest BCUT2D eigenvalue weighted by Gasteiger charge is 2.23. The Morgan fingerprint density at radius 3 is 2.20 bits per heavy atom. The zero-order valence-corrected chi connectivity index (χ0v) is 7.84. The zero-order chi connectivity index (χ0) is 11.6. The standard InChI is InChI=1S/C9H9F2NO3/c1-12-3-6(15)7-8(10)4(13)2-5(14)9(7)11/h2,12-14H,3H2,1H3. The van der Waals surface area contributed by atoms with Gasteiger partial charge < -0.3 is 15.5 Å².